The molecule has 1 N–H and O–H groups in total. The highest BCUT2D eigenvalue weighted by Crippen LogP contribution is 2.33. The number of nitrogens with one attached hydrogen (secondary N) is 1. The van der Waals surface area contributed by atoms with E-state index in [4.69, 9.17) is 6.42 Å². The number of terminal acetylenes is 1. The zero-order valence-electron chi connectivity index (χ0n) is 15.0. The van der Waals surface area contributed by atoms with Crippen LogP contribution in [0, 0.1) is 23.7 Å². The molecule has 1 aliphatic heterocycles. The molecular formula is C22H21N3O. The normalized spacial score (nSPS) is 15.2. The van der Waals surface area contributed by atoms with Gasteiger partial charge >= 0.3 is 6.03 Å². The van der Waals surface area contributed by atoms with E-state index in [0.29, 0.717) is 19.5 Å². The first-order valence-corrected chi connectivity index (χ1v) is 8.65. The van der Waals surface area contributed by atoms with E-state index < -0.39 is 5.41 Å². The lowest BCUT2D eigenvalue weighted by atomic mass is 9.78. The van der Waals surface area contributed by atoms with Crippen molar-refractivity contribution in [2.45, 2.75) is 32.2 Å². The maximum atomic E-state index is 12.1. The Bertz CT molecular complexity index is 935. The smallest absolute Gasteiger partial charge is 0.320 e. The van der Waals surface area contributed by atoms with E-state index in [0.717, 1.165) is 27.9 Å². The maximum absolute atomic E-state index is 12.1. The Morgan fingerprint density at radius 2 is 2.12 bits per heavy atom. The van der Waals surface area contributed by atoms with Gasteiger partial charge in [-0.3, -0.25) is 0 Å². The maximum Gasteiger partial charge on any atom is 0.322 e. The molecule has 130 valence electrons. The van der Waals surface area contributed by atoms with Crippen molar-refractivity contribution in [1.29, 1.82) is 5.26 Å². The van der Waals surface area contributed by atoms with Crippen molar-refractivity contribution < 1.29 is 4.79 Å². The van der Waals surface area contributed by atoms with Gasteiger partial charge in [-0.15, -0.1) is 6.42 Å². The van der Waals surface area contributed by atoms with E-state index in [1.54, 1.807) is 4.90 Å². The van der Waals surface area contributed by atoms with Gasteiger partial charge in [0.2, 0.25) is 0 Å². The minimum atomic E-state index is -0.713. The van der Waals surface area contributed by atoms with Gasteiger partial charge in [0.25, 0.3) is 0 Å². The van der Waals surface area contributed by atoms with Crippen molar-refractivity contribution in [2.75, 3.05) is 11.9 Å². The summed E-state index contributed by atoms with van der Waals surface area (Å²) < 4.78 is 0. The van der Waals surface area contributed by atoms with E-state index in [9.17, 15) is 10.1 Å². The SMILES string of the molecule is C#Cc1cccc(CC(C)(C#N)c2ccc3c(c2)NC(=O)N(CC)C3)c1. The summed E-state index contributed by atoms with van der Waals surface area (Å²) in [4.78, 5) is 13.9. The molecule has 1 heterocycles. The monoisotopic (exact) mass is 343 g/mol. The fourth-order valence-electron chi connectivity index (χ4n) is 3.29. The summed E-state index contributed by atoms with van der Waals surface area (Å²) >= 11 is 0. The number of nitrogens with zero attached hydrogens (tertiary/aromatic N) is 2. The quantitative estimate of drug-likeness (QED) is 0.851. The molecule has 0 fully saturated rings. The van der Waals surface area contributed by atoms with Crippen molar-refractivity contribution in [3.63, 3.8) is 0 Å². The predicted octanol–water partition coefficient (Wildman–Crippen LogP) is 4.06. The minimum absolute atomic E-state index is 0.0995. The number of urea groups is 1. The van der Waals surface area contributed by atoms with Crippen LogP contribution in [-0.2, 0) is 18.4 Å². The Morgan fingerprint density at radius 3 is 2.81 bits per heavy atom. The van der Waals surface area contributed by atoms with Gasteiger partial charge in [0.05, 0.1) is 11.5 Å². The highest BCUT2D eigenvalue weighted by atomic mass is 16.2. The highest BCUT2D eigenvalue weighted by Gasteiger charge is 2.29. The third kappa shape index (κ3) is 3.27. The number of hydrogen-bond acceptors (Lipinski definition) is 2. The van der Waals surface area contributed by atoms with Gasteiger partial charge < -0.3 is 10.2 Å². The molecule has 1 unspecified atom stereocenters. The molecule has 0 aliphatic carbocycles. The molecule has 0 spiro atoms. The van der Waals surface area contributed by atoms with E-state index in [1.807, 2.05) is 56.3 Å². The summed E-state index contributed by atoms with van der Waals surface area (Å²) in [5, 5.41) is 12.8. The number of fused-ring (bicyclic) bond motifs is 1. The second-order valence-electron chi connectivity index (χ2n) is 6.78. The van der Waals surface area contributed by atoms with Crippen LogP contribution in [0.25, 0.3) is 0 Å². The largest absolute Gasteiger partial charge is 0.322 e. The van der Waals surface area contributed by atoms with Crippen LogP contribution in [0.15, 0.2) is 42.5 Å². The van der Waals surface area contributed by atoms with Crippen LogP contribution in [0.1, 0.15) is 36.1 Å². The number of hydrogen-bond donors (Lipinski definition) is 1. The van der Waals surface area contributed by atoms with Crippen molar-refractivity contribution in [1.82, 2.24) is 4.90 Å². The molecule has 1 aliphatic rings. The fourth-order valence-corrected chi connectivity index (χ4v) is 3.29. The number of benzene rings is 2. The fraction of sp³-hybridized carbons (Fsp3) is 0.273. The topological polar surface area (TPSA) is 56.1 Å². The molecular weight excluding hydrogens is 322 g/mol. The van der Waals surface area contributed by atoms with Gasteiger partial charge in [-0.1, -0.05) is 30.2 Å². The lowest BCUT2D eigenvalue weighted by Crippen LogP contribution is -2.38. The summed E-state index contributed by atoms with van der Waals surface area (Å²) in [7, 11) is 0. The van der Waals surface area contributed by atoms with Crippen molar-refractivity contribution in [2.24, 2.45) is 0 Å². The molecule has 0 aromatic heterocycles. The molecule has 2 aromatic carbocycles. The van der Waals surface area contributed by atoms with E-state index in [-0.39, 0.29) is 6.03 Å². The molecule has 4 heteroatoms. The average Bonchev–Trinajstić information content (AvgIpc) is 2.67. The number of amides is 2. The van der Waals surface area contributed by atoms with Crippen LogP contribution in [0.4, 0.5) is 10.5 Å². The molecule has 0 saturated heterocycles. The second kappa shape index (κ2) is 6.94. The molecule has 26 heavy (non-hydrogen) atoms. The molecule has 2 aromatic rings. The molecule has 2 amide bonds. The Balaban J connectivity index is 1.93. The molecule has 0 saturated carbocycles. The van der Waals surface area contributed by atoms with E-state index >= 15 is 0 Å². The zero-order chi connectivity index (χ0) is 18.7. The van der Waals surface area contributed by atoms with Gasteiger partial charge in [-0.25, -0.2) is 4.79 Å². The van der Waals surface area contributed by atoms with Gasteiger partial charge in [0.1, 0.15) is 0 Å². The summed E-state index contributed by atoms with van der Waals surface area (Å²) in [6.45, 7) is 5.12. The Hall–Kier alpha value is -3.24. The summed E-state index contributed by atoms with van der Waals surface area (Å²) in [6, 6.07) is 16.0. The van der Waals surface area contributed by atoms with Crippen molar-refractivity contribution >= 4 is 11.7 Å². The van der Waals surface area contributed by atoms with Crippen LogP contribution in [-0.4, -0.2) is 17.5 Å². The summed E-state index contributed by atoms with van der Waals surface area (Å²) in [5.41, 5.74) is 3.84. The van der Waals surface area contributed by atoms with Crippen molar-refractivity contribution in [3.05, 3.63) is 64.7 Å². The summed E-state index contributed by atoms with van der Waals surface area (Å²) in [6.07, 6.45) is 6.03. The average molecular weight is 343 g/mol. The number of rotatable bonds is 4. The van der Waals surface area contributed by atoms with Crippen LogP contribution in [0.5, 0.6) is 0 Å². The van der Waals surface area contributed by atoms with Crippen LogP contribution < -0.4 is 5.32 Å². The third-order valence-corrected chi connectivity index (χ3v) is 4.92. The summed E-state index contributed by atoms with van der Waals surface area (Å²) in [5.74, 6) is 2.63. The molecule has 3 rings (SSSR count). The first kappa shape index (κ1) is 17.6. The van der Waals surface area contributed by atoms with E-state index in [1.165, 1.54) is 0 Å². The number of carbonyl (C=O) groups is 1. The Labute approximate surface area is 154 Å². The minimum Gasteiger partial charge on any atom is -0.320 e. The van der Waals surface area contributed by atoms with Gasteiger partial charge in [0.15, 0.2) is 0 Å². The third-order valence-electron chi connectivity index (χ3n) is 4.92. The molecule has 1 atom stereocenters. The molecule has 0 bridgehead atoms. The van der Waals surface area contributed by atoms with E-state index in [2.05, 4.69) is 17.3 Å². The van der Waals surface area contributed by atoms with Crippen molar-refractivity contribution in [3.8, 4) is 18.4 Å². The predicted molar refractivity (Wildman–Crippen MR) is 103 cm³/mol. The van der Waals surface area contributed by atoms with Crippen LogP contribution in [0.2, 0.25) is 0 Å². The standard InChI is InChI=1S/C22H21N3O/c1-4-16-7-6-8-17(11-16)13-22(3,15-23)19-10-9-18-14-25(5-2)21(26)24-20(18)12-19/h1,6-12H,5,13-14H2,2-3H3,(H,24,26). The zero-order valence-corrected chi connectivity index (χ0v) is 15.0. The highest BCUT2D eigenvalue weighted by molar-refractivity contribution is 5.92. The number of nitriles is 1. The molecule has 0 radical (unpaired) electrons. The number of carbonyl (C=O) groups excluding carboxylic acids is 1. The van der Waals surface area contributed by atoms with Crippen LogP contribution >= 0.6 is 0 Å². The Kier molecular flexibility index (Phi) is 4.69. The first-order chi connectivity index (χ1) is 12.5. The van der Waals surface area contributed by atoms with Gasteiger partial charge in [-0.2, -0.15) is 5.26 Å². The van der Waals surface area contributed by atoms with Gasteiger partial charge in [-0.05, 0) is 55.2 Å². The first-order valence-electron chi connectivity index (χ1n) is 8.65. The Morgan fingerprint density at radius 1 is 1.31 bits per heavy atom. The molecule has 4 nitrogen and oxygen atoms in total. The van der Waals surface area contributed by atoms with Crippen LogP contribution in [0.3, 0.4) is 0 Å². The second-order valence-corrected chi connectivity index (χ2v) is 6.78. The number of anilines is 1. The lowest BCUT2D eigenvalue weighted by Gasteiger charge is -2.30. The van der Waals surface area contributed by atoms with Gasteiger partial charge in [0, 0.05) is 24.3 Å². The lowest BCUT2D eigenvalue weighted by molar-refractivity contribution is 0.210.